The zero-order valence-electron chi connectivity index (χ0n) is 11.1. The Kier molecular flexibility index (Phi) is 3.36. The highest BCUT2D eigenvalue weighted by atomic mass is 19.1. The lowest BCUT2D eigenvalue weighted by molar-refractivity contribution is 0.364. The fourth-order valence-electron chi connectivity index (χ4n) is 2.48. The highest BCUT2D eigenvalue weighted by molar-refractivity contribution is 5.65. The molecule has 1 aromatic heterocycles. The minimum atomic E-state index is -0.439. The molecule has 1 aliphatic rings. The number of nitrogens with two attached hydrogens (primary N) is 1. The third kappa shape index (κ3) is 2.63. The monoisotopic (exact) mass is 273 g/mol. The maximum atomic E-state index is 12.8. The van der Waals surface area contributed by atoms with Crippen LogP contribution in [0.15, 0.2) is 28.8 Å². The molecule has 0 radical (unpaired) electrons. The van der Waals surface area contributed by atoms with Crippen molar-refractivity contribution in [3.63, 3.8) is 0 Å². The molecule has 3 rings (SSSR count). The van der Waals surface area contributed by atoms with Gasteiger partial charge in [0, 0.05) is 6.08 Å². The van der Waals surface area contributed by atoms with E-state index in [2.05, 4.69) is 10.1 Å². The van der Waals surface area contributed by atoms with Crippen LogP contribution in [0.25, 0.3) is 12.2 Å². The van der Waals surface area contributed by atoms with E-state index in [1.54, 1.807) is 24.3 Å². The quantitative estimate of drug-likeness (QED) is 0.933. The molecular weight excluding hydrogens is 257 g/mol. The third-order valence-electron chi connectivity index (χ3n) is 3.67. The van der Waals surface area contributed by atoms with Crippen molar-refractivity contribution in [3.8, 4) is 0 Å². The van der Waals surface area contributed by atoms with E-state index in [0.717, 1.165) is 31.2 Å². The van der Waals surface area contributed by atoms with Gasteiger partial charge in [0.25, 0.3) is 5.89 Å². The predicted molar refractivity (Wildman–Crippen MR) is 74.0 cm³/mol. The Morgan fingerprint density at radius 2 is 1.85 bits per heavy atom. The van der Waals surface area contributed by atoms with E-state index in [-0.39, 0.29) is 5.82 Å². The number of benzene rings is 1. The van der Waals surface area contributed by atoms with Crippen molar-refractivity contribution in [2.75, 3.05) is 0 Å². The average molecular weight is 273 g/mol. The Bertz CT molecular complexity index is 612. The van der Waals surface area contributed by atoms with Crippen molar-refractivity contribution in [2.24, 2.45) is 5.73 Å². The summed E-state index contributed by atoms with van der Waals surface area (Å²) in [7, 11) is 0. The molecular formula is C15H16FN3O. The van der Waals surface area contributed by atoms with Gasteiger partial charge < -0.3 is 10.3 Å². The molecule has 0 saturated heterocycles. The Hall–Kier alpha value is -2.01. The van der Waals surface area contributed by atoms with Gasteiger partial charge in [0.15, 0.2) is 5.82 Å². The second-order valence-electron chi connectivity index (χ2n) is 5.20. The van der Waals surface area contributed by atoms with Crippen molar-refractivity contribution in [1.82, 2.24) is 10.1 Å². The summed E-state index contributed by atoms with van der Waals surface area (Å²) in [4.78, 5) is 4.33. The average Bonchev–Trinajstić information content (AvgIpc) is 3.08. The van der Waals surface area contributed by atoms with Gasteiger partial charge in [-0.3, -0.25) is 0 Å². The first kappa shape index (κ1) is 13.0. The third-order valence-corrected chi connectivity index (χ3v) is 3.67. The molecule has 0 atom stereocenters. The fraction of sp³-hybridized carbons (Fsp3) is 0.333. The van der Waals surface area contributed by atoms with Crippen LogP contribution in [0.3, 0.4) is 0 Å². The number of nitrogens with zero attached hydrogens (tertiary/aromatic N) is 2. The van der Waals surface area contributed by atoms with Crippen LogP contribution in [0.1, 0.15) is 43.0 Å². The molecule has 1 saturated carbocycles. The largest absolute Gasteiger partial charge is 0.335 e. The molecule has 1 heterocycles. The zero-order chi connectivity index (χ0) is 14.0. The normalized spacial score (nSPS) is 17.9. The van der Waals surface area contributed by atoms with Crippen molar-refractivity contribution < 1.29 is 8.91 Å². The summed E-state index contributed by atoms with van der Waals surface area (Å²) in [6, 6.07) is 6.19. The molecule has 5 heteroatoms. The molecule has 1 fully saturated rings. The zero-order valence-corrected chi connectivity index (χ0v) is 11.1. The highest BCUT2D eigenvalue weighted by Gasteiger charge is 2.35. The van der Waals surface area contributed by atoms with E-state index < -0.39 is 5.54 Å². The lowest BCUT2D eigenvalue weighted by Crippen LogP contribution is -2.34. The van der Waals surface area contributed by atoms with Crippen molar-refractivity contribution >= 4 is 12.2 Å². The van der Waals surface area contributed by atoms with Crippen LogP contribution >= 0.6 is 0 Å². The standard InChI is InChI=1S/C15H16FN3O/c16-12-6-3-11(4-7-12)5-8-13-18-14(19-20-13)15(17)9-1-2-10-15/h3-8H,1-2,9-10,17H2/b8-5+. The van der Waals surface area contributed by atoms with Gasteiger partial charge in [0.05, 0.1) is 5.54 Å². The van der Waals surface area contributed by atoms with Crippen LogP contribution in [0.5, 0.6) is 0 Å². The molecule has 4 nitrogen and oxygen atoms in total. The van der Waals surface area contributed by atoms with Gasteiger partial charge in [0.1, 0.15) is 5.82 Å². The van der Waals surface area contributed by atoms with Gasteiger partial charge in [-0.2, -0.15) is 4.98 Å². The minimum absolute atomic E-state index is 0.256. The fourth-order valence-corrected chi connectivity index (χ4v) is 2.48. The van der Waals surface area contributed by atoms with Crippen molar-refractivity contribution in [2.45, 2.75) is 31.2 Å². The van der Waals surface area contributed by atoms with Crippen LogP contribution in [0, 0.1) is 5.82 Å². The molecule has 0 bridgehead atoms. The molecule has 20 heavy (non-hydrogen) atoms. The first-order valence-corrected chi connectivity index (χ1v) is 6.72. The first-order valence-electron chi connectivity index (χ1n) is 6.72. The van der Waals surface area contributed by atoms with Crippen LogP contribution in [-0.4, -0.2) is 10.1 Å². The number of rotatable bonds is 3. The topological polar surface area (TPSA) is 64.9 Å². The SMILES string of the molecule is NC1(c2noc(/C=C/c3ccc(F)cc3)n2)CCCC1. The predicted octanol–water partition coefficient (Wildman–Crippen LogP) is 3.11. The van der Waals surface area contributed by atoms with Crippen molar-refractivity contribution in [3.05, 3.63) is 47.4 Å². The maximum Gasteiger partial charge on any atom is 0.250 e. The van der Waals surface area contributed by atoms with E-state index in [4.69, 9.17) is 10.3 Å². The molecule has 1 aliphatic carbocycles. The number of hydrogen-bond donors (Lipinski definition) is 1. The lowest BCUT2D eigenvalue weighted by Gasteiger charge is -2.17. The van der Waals surface area contributed by atoms with E-state index in [9.17, 15) is 4.39 Å². The van der Waals surface area contributed by atoms with Gasteiger partial charge in [0.2, 0.25) is 0 Å². The van der Waals surface area contributed by atoms with Crippen molar-refractivity contribution in [1.29, 1.82) is 0 Å². The van der Waals surface area contributed by atoms with E-state index in [1.807, 2.05) is 0 Å². The molecule has 2 aromatic rings. The summed E-state index contributed by atoms with van der Waals surface area (Å²) in [5, 5.41) is 3.97. The van der Waals surface area contributed by atoms with Gasteiger partial charge in [-0.25, -0.2) is 4.39 Å². The van der Waals surface area contributed by atoms with Crippen LogP contribution in [-0.2, 0) is 5.54 Å². The Morgan fingerprint density at radius 3 is 2.55 bits per heavy atom. The summed E-state index contributed by atoms with van der Waals surface area (Å²) in [6.45, 7) is 0. The van der Waals surface area contributed by atoms with Gasteiger partial charge in [-0.1, -0.05) is 30.1 Å². The lowest BCUT2D eigenvalue weighted by atomic mass is 9.99. The van der Waals surface area contributed by atoms with Crippen LogP contribution in [0.4, 0.5) is 4.39 Å². The Balaban J connectivity index is 1.75. The Morgan fingerprint density at radius 1 is 1.15 bits per heavy atom. The molecule has 0 unspecified atom stereocenters. The molecule has 0 aliphatic heterocycles. The van der Waals surface area contributed by atoms with E-state index in [0.29, 0.717) is 11.7 Å². The van der Waals surface area contributed by atoms with Gasteiger partial charge in [-0.05, 0) is 36.6 Å². The minimum Gasteiger partial charge on any atom is -0.335 e. The molecule has 0 spiro atoms. The summed E-state index contributed by atoms with van der Waals surface area (Å²) >= 11 is 0. The molecule has 104 valence electrons. The number of aromatic nitrogens is 2. The first-order chi connectivity index (χ1) is 9.66. The summed E-state index contributed by atoms with van der Waals surface area (Å²) in [5.41, 5.74) is 6.70. The van der Waals surface area contributed by atoms with Crippen LogP contribution in [0.2, 0.25) is 0 Å². The number of hydrogen-bond acceptors (Lipinski definition) is 4. The summed E-state index contributed by atoms with van der Waals surface area (Å²) in [6.07, 6.45) is 7.51. The summed E-state index contributed by atoms with van der Waals surface area (Å²) < 4.78 is 18.0. The molecule has 0 amide bonds. The van der Waals surface area contributed by atoms with Crippen LogP contribution < -0.4 is 5.73 Å². The second kappa shape index (κ2) is 5.17. The molecule has 1 aromatic carbocycles. The van der Waals surface area contributed by atoms with E-state index in [1.165, 1.54) is 12.1 Å². The Labute approximate surface area is 116 Å². The van der Waals surface area contributed by atoms with Gasteiger partial charge >= 0.3 is 0 Å². The van der Waals surface area contributed by atoms with Gasteiger partial charge in [-0.15, -0.1) is 0 Å². The van der Waals surface area contributed by atoms with E-state index >= 15 is 0 Å². The number of halogens is 1. The summed E-state index contributed by atoms with van der Waals surface area (Å²) in [5.74, 6) is 0.739. The highest BCUT2D eigenvalue weighted by Crippen LogP contribution is 2.34. The maximum absolute atomic E-state index is 12.8. The smallest absolute Gasteiger partial charge is 0.250 e. The second-order valence-corrected chi connectivity index (χ2v) is 5.20. The molecule has 2 N–H and O–H groups in total.